The molecule has 0 amide bonds. The fraction of sp³-hybridized carbons (Fsp3) is 0.833. The lowest BCUT2D eigenvalue weighted by Gasteiger charge is -2.38. The van der Waals surface area contributed by atoms with Gasteiger partial charge in [0.1, 0.15) is 0 Å². The van der Waals surface area contributed by atoms with Crippen LogP contribution in [0.4, 0.5) is 0 Å². The number of hydrogen-bond acceptors (Lipinski definition) is 1. The predicted octanol–water partition coefficient (Wildman–Crippen LogP) is 3.70. The van der Waals surface area contributed by atoms with Gasteiger partial charge in [0.25, 0.3) is 0 Å². The van der Waals surface area contributed by atoms with Crippen molar-refractivity contribution < 1.29 is 4.74 Å². The van der Waals surface area contributed by atoms with E-state index in [0.717, 1.165) is 0 Å². The second-order valence-electron chi connectivity index (χ2n) is 6.21. The molecule has 5 rings (SSSR count). The quantitative estimate of drug-likeness (QED) is 0.377. The molecule has 1 nitrogen and oxygen atoms in total. The van der Waals surface area contributed by atoms with Gasteiger partial charge in [-0.05, 0) is 36.5 Å². The Morgan fingerprint density at radius 3 is 1.88 bits per heavy atom. The van der Waals surface area contributed by atoms with Crippen LogP contribution in [0.2, 0.25) is 0 Å². The normalized spacial score (nSPS) is 69.9. The summed E-state index contributed by atoms with van der Waals surface area (Å²) in [5.74, 6) is 1.83. The lowest BCUT2D eigenvalue weighted by atomic mass is 9.73. The molecule has 5 aliphatic rings. The van der Waals surface area contributed by atoms with Crippen LogP contribution in [0.5, 0.6) is 0 Å². The highest BCUT2D eigenvalue weighted by atomic mass is 35.5. The zero-order chi connectivity index (χ0) is 11.7. The second-order valence-corrected chi connectivity index (χ2v) is 8.31. The number of hydrogen-bond donors (Lipinski definition) is 0. The van der Waals surface area contributed by atoms with Crippen molar-refractivity contribution in [2.24, 2.45) is 23.7 Å². The molecule has 0 radical (unpaired) electrons. The van der Waals surface area contributed by atoms with E-state index in [9.17, 15) is 0 Å². The maximum atomic E-state index is 6.80. The zero-order valence-corrected chi connectivity index (χ0v) is 11.8. The van der Waals surface area contributed by atoms with E-state index in [0.29, 0.717) is 52.4 Å². The van der Waals surface area contributed by atoms with Gasteiger partial charge in [-0.25, -0.2) is 0 Å². The number of fused-ring (bicyclic) bond motifs is 12. The van der Waals surface area contributed by atoms with Crippen molar-refractivity contribution in [3.05, 3.63) is 10.1 Å². The smallest absolute Gasteiger partial charge is 0.0876 e. The molecule has 8 atom stereocenters. The molecule has 0 spiro atoms. The Morgan fingerprint density at radius 2 is 1.41 bits per heavy atom. The van der Waals surface area contributed by atoms with E-state index < -0.39 is 9.75 Å². The third kappa shape index (κ3) is 0.885. The first-order valence-electron chi connectivity index (χ1n) is 6.08. The summed E-state index contributed by atoms with van der Waals surface area (Å²) in [5.41, 5.74) is 0. The highest BCUT2D eigenvalue weighted by Gasteiger charge is 2.81. The lowest BCUT2D eigenvalue weighted by Crippen LogP contribution is -2.42. The van der Waals surface area contributed by atoms with Crippen LogP contribution in [0.3, 0.4) is 0 Å². The zero-order valence-electron chi connectivity index (χ0n) is 8.80. The monoisotopic (exact) mass is 310 g/mol. The number of epoxide rings is 1. The van der Waals surface area contributed by atoms with Gasteiger partial charge in [-0.2, -0.15) is 0 Å². The maximum absolute atomic E-state index is 6.80. The van der Waals surface area contributed by atoms with E-state index >= 15 is 0 Å². The molecule has 5 heteroatoms. The number of ether oxygens (including phenoxy) is 1. The second kappa shape index (κ2) is 2.67. The molecular weight excluding hydrogens is 302 g/mol. The van der Waals surface area contributed by atoms with Crippen LogP contribution in [0.15, 0.2) is 10.1 Å². The van der Waals surface area contributed by atoms with Gasteiger partial charge in [0.2, 0.25) is 0 Å². The first-order valence-corrected chi connectivity index (χ1v) is 7.59. The SMILES string of the molecule is ClC1=C(Cl)C2(Cl)CC1(Cl)C1C3CC(C4OC34)C12. The molecule has 0 N–H and O–H groups in total. The molecule has 17 heavy (non-hydrogen) atoms. The summed E-state index contributed by atoms with van der Waals surface area (Å²) < 4.78 is 5.74. The summed E-state index contributed by atoms with van der Waals surface area (Å²) in [7, 11) is 0. The Balaban J connectivity index is 1.75. The molecule has 0 aromatic rings. The molecule has 1 aliphatic heterocycles. The molecule has 1 saturated heterocycles. The molecule has 1 heterocycles. The van der Waals surface area contributed by atoms with Crippen LogP contribution in [0.1, 0.15) is 12.8 Å². The van der Waals surface area contributed by atoms with Crippen LogP contribution in [-0.2, 0) is 4.74 Å². The Morgan fingerprint density at radius 1 is 0.941 bits per heavy atom. The van der Waals surface area contributed by atoms with Crippen LogP contribution >= 0.6 is 46.4 Å². The van der Waals surface area contributed by atoms with Crippen LogP contribution in [-0.4, -0.2) is 22.0 Å². The van der Waals surface area contributed by atoms with Crippen molar-refractivity contribution in [1.29, 1.82) is 0 Å². The molecule has 3 saturated carbocycles. The molecule has 4 aliphatic carbocycles. The van der Waals surface area contributed by atoms with E-state index in [1.807, 2.05) is 0 Å². The van der Waals surface area contributed by atoms with E-state index in [1.54, 1.807) is 0 Å². The molecule has 4 bridgehead atoms. The summed E-state index contributed by atoms with van der Waals surface area (Å²) in [5, 5.41) is 1.20. The van der Waals surface area contributed by atoms with Crippen molar-refractivity contribution in [2.75, 3.05) is 0 Å². The fourth-order valence-corrected chi connectivity index (χ4v) is 7.41. The van der Waals surface area contributed by atoms with Crippen molar-refractivity contribution in [1.82, 2.24) is 0 Å². The van der Waals surface area contributed by atoms with Gasteiger partial charge in [-0.1, -0.05) is 23.2 Å². The summed E-state index contributed by atoms with van der Waals surface area (Å²) in [6.07, 6.45) is 2.75. The van der Waals surface area contributed by atoms with E-state index in [-0.39, 0.29) is 0 Å². The fourth-order valence-electron chi connectivity index (χ4n) is 5.31. The summed E-state index contributed by atoms with van der Waals surface area (Å²) in [6, 6.07) is 0. The van der Waals surface area contributed by atoms with Gasteiger partial charge in [-0.3, -0.25) is 0 Å². The minimum Gasteiger partial charge on any atom is -0.369 e. The number of halogens is 4. The van der Waals surface area contributed by atoms with E-state index in [4.69, 9.17) is 51.1 Å². The molecular formula is C12H10Cl4O. The first-order chi connectivity index (χ1) is 7.98. The minimum atomic E-state index is -0.513. The van der Waals surface area contributed by atoms with Gasteiger partial charge < -0.3 is 4.74 Å². The maximum Gasteiger partial charge on any atom is 0.0876 e. The molecule has 0 aromatic carbocycles. The number of alkyl halides is 2. The van der Waals surface area contributed by atoms with Crippen LogP contribution in [0, 0.1) is 23.7 Å². The Hall–Kier alpha value is 0.860. The van der Waals surface area contributed by atoms with Crippen molar-refractivity contribution >= 4 is 46.4 Å². The van der Waals surface area contributed by atoms with E-state index in [1.165, 1.54) is 6.42 Å². The molecule has 8 unspecified atom stereocenters. The average molecular weight is 312 g/mol. The molecule has 0 aromatic heterocycles. The van der Waals surface area contributed by atoms with Crippen LogP contribution in [0.25, 0.3) is 0 Å². The largest absolute Gasteiger partial charge is 0.369 e. The summed E-state index contributed by atoms with van der Waals surface area (Å²) in [4.78, 5) is -1.03. The third-order valence-electron chi connectivity index (χ3n) is 5.75. The van der Waals surface area contributed by atoms with Gasteiger partial charge in [0.05, 0.1) is 32.0 Å². The average Bonchev–Trinajstić information content (AvgIpc) is 2.73. The highest BCUT2D eigenvalue weighted by molar-refractivity contribution is 6.51. The Bertz CT molecular complexity index is 451. The Labute approximate surface area is 119 Å². The minimum absolute atomic E-state index is 0.366. The van der Waals surface area contributed by atoms with Crippen molar-refractivity contribution in [2.45, 2.75) is 34.8 Å². The Kier molecular flexibility index (Phi) is 1.67. The molecule has 4 fully saturated rings. The van der Waals surface area contributed by atoms with Gasteiger partial charge >= 0.3 is 0 Å². The standard InChI is InChI=1S/C12H10Cl4O/c13-9-10(14)12(16)2-11(9,15)5-3-1-4(6(5)12)8-7(3)17-8/h3-8H,1-2H2. The molecule has 92 valence electrons. The highest BCUT2D eigenvalue weighted by Crippen LogP contribution is 2.79. The predicted molar refractivity (Wildman–Crippen MR) is 67.8 cm³/mol. The van der Waals surface area contributed by atoms with Gasteiger partial charge in [-0.15, -0.1) is 23.2 Å². The lowest BCUT2D eigenvalue weighted by molar-refractivity contribution is 0.239. The number of allylic oxidation sites excluding steroid dienone is 2. The summed E-state index contributed by atoms with van der Waals surface area (Å²) in [6.45, 7) is 0. The number of rotatable bonds is 0. The first kappa shape index (κ1) is 10.6. The van der Waals surface area contributed by atoms with Crippen molar-refractivity contribution in [3.8, 4) is 0 Å². The topological polar surface area (TPSA) is 12.5 Å². The van der Waals surface area contributed by atoms with Gasteiger partial charge in [0, 0.05) is 0 Å². The van der Waals surface area contributed by atoms with E-state index in [2.05, 4.69) is 0 Å². The van der Waals surface area contributed by atoms with Gasteiger partial charge in [0.15, 0.2) is 0 Å². The van der Waals surface area contributed by atoms with Crippen LogP contribution < -0.4 is 0 Å². The van der Waals surface area contributed by atoms with Crippen molar-refractivity contribution in [3.63, 3.8) is 0 Å². The third-order valence-corrected chi connectivity index (χ3v) is 8.24. The summed E-state index contributed by atoms with van der Waals surface area (Å²) >= 11 is 26.3.